The highest BCUT2D eigenvalue weighted by molar-refractivity contribution is 5.78. The standard InChI is InChI=1S/C26H28N4O2/c1-3-8-20(9-4-1)19-32-21-11-12-24(31-17-16-30-14-5-2-6-15-30)22(18-21)25-28-23-10-7-13-27-26(23)29-25/h1,3-4,7-13,18H,2,5-6,14-17,19H2,(H,27,28,29). The quantitative estimate of drug-likeness (QED) is 0.425. The summed E-state index contributed by atoms with van der Waals surface area (Å²) in [6, 6.07) is 20.0. The highest BCUT2D eigenvalue weighted by atomic mass is 16.5. The molecule has 0 saturated carbocycles. The number of aromatic nitrogens is 3. The van der Waals surface area contributed by atoms with Gasteiger partial charge in [0, 0.05) is 12.7 Å². The molecule has 6 heteroatoms. The maximum absolute atomic E-state index is 6.23. The Morgan fingerprint density at radius 1 is 0.906 bits per heavy atom. The Morgan fingerprint density at radius 3 is 2.62 bits per heavy atom. The monoisotopic (exact) mass is 428 g/mol. The lowest BCUT2D eigenvalue weighted by Gasteiger charge is -2.26. The summed E-state index contributed by atoms with van der Waals surface area (Å²) in [6.07, 6.45) is 5.66. The van der Waals surface area contributed by atoms with Crippen LogP contribution >= 0.6 is 0 Å². The number of aromatic amines is 1. The van der Waals surface area contributed by atoms with Crippen LogP contribution < -0.4 is 9.47 Å². The van der Waals surface area contributed by atoms with Crippen LogP contribution in [0.25, 0.3) is 22.6 Å². The van der Waals surface area contributed by atoms with E-state index in [-0.39, 0.29) is 0 Å². The van der Waals surface area contributed by atoms with Gasteiger partial charge < -0.3 is 14.5 Å². The molecule has 2 aromatic carbocycles. The van der Waals surface area contributed by atoms with Crippen LogP contribution in [-0.4, -0.2) is 46.1 Å². The molecule has 5 rings (SSSR count). The summed E-state index contributed by atoms with van der Waals surface area (Å²) in [5, 5.41) is 0. The number of ether oxygens (including phenoxy) is 2. The van der Waals surface area contributed by atoms with Crippen LogP contribution in [0.1, 0.15) is 24.8 Å². The first-order valence-electron chi connectivity index (χ1n) is 11.3. The number of imidazole rings is 1. The summed E-state index contributed by atoms with van der Waals surface area (Å²) in [5.74, 6) is 2.31. The molecule has 1 aliphatic heterocycles. The number of hydrogen-bond acceptors (Lipinski definition) is 5. The van der Waals surface area contributed by atoms with Gasteiger partial charge in [-0.25, -0.2) is 9.97 Å². The molecular weight excluding hydrogens is 400 g/mol. The van der Waals surface area contributed by atoms with Crippen molar-refractivity contribution in [3.05, 3.63) is 72.4 Å². The van der Waals surface area contributed by atoms with E-state index in [1.165, 1.54) is 19.3 Å². The largest absolute Gasteiger partial charge is 0.491 e. The van der Waals surface area contributed by atoms with Crippen molar-refractivity contribution >= 4 is 11.2 Å². The summed E-state index contributed by atoms with van der Waals surface area (Å²) in [6.45, 7) is 4.43. The molecule has 32 heavy (non-hydrogen) atoms. The molecule has 6 nitrogen and oxygen atoms in total. The minimum atomic E-state index is 0.511. The second-order valence-corrected chi connectivity index (χ2v) is 8.14. The van der Waals surface area contributed by atoms with Crippen molar-refractivity contribution in [3.8, 4) is 22.9 Å². The van der Waals surface area contributed by atoms with Gasteiger partial charge in [-0.3, -0.25) is 4.90 Å². The molecule has 164 valence electrons. The summed E-state index contributed by atoms with van der Waals surface area (Å²) < 4.78 is 12.3. The highest BCUT2D eigenvalue weighted by Gasteiger charge is 2.15. The maximum atomic E-state index is 6.23. The number of fused-ring (bicyclic) bond motifs is 1. The minimum absolute atomic E-state index is 0.511. The average Bonchev–Trinajstić information content (AvgIpc) is 3.29. The van der Waals surface area contributed by atoms with Crippen molar-refractivity contribution in [1.29, 1.82) is 0 Å². The smallest absolute Gasteiger partial charge is 0.178 e. The fourth-order valence-electron chi connectivity index (χ4n) is 4.09. The van der Waals surface area contributed by atoms with E-state index in [2.05, 4.69) is 32.0 Å². The number of hydrogen-bond donors (Lipinski definition) is 1. The van der Waals surface area contributed by atoms with Crippen molar-refractivity contribution in [2.75, 3.05) is 26.2 Å². The minimum Gasteiger partial charge on any atom is -0.491 e. The van der Waals surface area contributed by atoms with Gasteiger partial charge in [0.05, 0.1) is 11.1 Å². The van der Waals surface area contributed by atoms with Gasteiger partial charge in [-0.05, 0) is 61.8 Å². The van der Waals surface area contributed by atoms with E-state index < -0.39 is 0 Å². The number of pyridine rings is 1. The lowest BCUT2D eigenvalue weighted by Crippen LogP contribution is -2.33. The van der Waals surface area contributed by atoms with Gasteiger partial charge in [-0.15, -0.1) is 0 Å². The highest BCUT2D eigenvalue weighted by Crippen LogP contribution is 2.33. The molecule has 1 fully saturated rings. The molecule has 0 radical (unpaired) electrons. The van der Waals surface area contributed by atoms with E-state index in [0.29, 0.717) is 18.9 Å². The van der Waals surface area contributed by atoms with E-state index in [0.717, 1.165) is 53.6 Å². The molecule has 1 saturated heterocycles. The molecule has 0 aliphatic carbocycles. The van der Waals surface area contributed by atoms with Crippen molar-refractivity contribution < 1.29 is 9.47 Å². The molecule has 0 spiro atoms. The Hall–Kier alpha value is -3.38. The maximum Gasteiger partial charge on any atom is 0.178 e. The number of nitrogens with one attached hydrogen (secondary N) is 1. The summed E-state index contributed by atoms with van der Waals surface area (Å²) >= 11 is 0. The molecule has 0 amide bonds. The van der Waals surface area contributed by atoms with Gasteiger partial charge in [0.2, 0.25) is 0 Å². The van der Waals surface area contributed by atoms with Crippen LogP contribution in [0.4, 0.5) is 0 Å². The fourth-order valence-corrected chi connectivity index (χ4v) is 4.09. The fraction of sp³-hybridized carbons (Fsp3) is 0.308. The number of rotatable bonds is 8. The number of H-pyrrole nitrogens is 1. The van der Waals surface area contributed by atoms with Crippen LogP contribution in [0.3, 0.4) is 0 Å². The van der Waals surface area contributed by atoms with Crippen molar-refractivity contribution in [2.24, 2.45) is 0 Å². The van der Waals surface area contributed by atoms with E-state index in [9.17, 15) is 0 Å². The van der Waals surface area contributed by atoms with E-state index in [4.69, 9.17) is 9.47 Å². The first-order chi connectivity index (χ1) is 15.8. The Balaban J connectivity index is 1.37. The second-order valence-electron chi connectivity index (χ2n) is 8.14. The number of likely N-dealkylation sites (tertiary alicyclic amines) is 1. The zero-order valence-electron chi connectivity index (χ0n) is 18.2. The lowest BCUT2D eigenvalue weighted by molar-refractivity contribution is 0.183. The van der Waals surface area contributed by atoms with Crippen LogP contribution in [0.5, 0.6) is 11.5 Å². The van der Waals surface area contributed by atoms with Gasteiger partial charge in [0.15, 0.2) is 5.65 Å². The first kappa shape index (κ1) is 20.5. The summed E-state index contributed by atoms with van der Waals surface area (Å²) in [5.41, 5.74) is 3.60. The van der Waals surface area contributed by atoms with E-state index >= 15 is 0 Å². The van der Waals surface area contributed by atoms with E-state index in [1.54, 1.807) is 6.20 Å². The Bertz CT molecular complexity index is 1120. The predicted octanol–water partition coefficient (Wildman–Crippen LogP) is 5.07. The topological polar surface area (TPSA) is 63.3 Å². The van der Waals surface area contributed by atoms with Gasteiger partial charge in [-0.1, -0.05) is 36.8 Å². The molecule has 1 N–H and O–H groups in total. The van der Waals surface area contributed by atoms with Gasteiger partial charge in [0.1, 0.15) is 30.5 Å². The lowest BCUT2D eigenvalue weighted by atomic mass is 10.1. The van der Waals surface area contributed by atoms with Crippen molar-refractivity contribution in [3.63, 3.8) is 0 Å². The first-order valence-corrected chi connectivity index (χ1v) is 11.3. The zero-order valence-corrected chi connectivity index (χ0v) is 18.2. The second kappa shape index (κ2) is 9.83. The molecule has 1 aliphatic rings. The molecule has 2 aromatic heterocycles. The summed E-state index contributed by atoms with van der Waals surface area (Å²) in [4.78, 5) is 14.9. The Labute approximate surface area is 188 Å². The van der Waals surface area contributed by atoms with Crippen LogP contribution in [0.15, 0.2) is 66.9 Å². The van der Waals surface area contributed by atoms with Crippen LogP contribution in [-0.2, 0) is 6.61 Å². The molecule has 4 aromatic rings. The SMILES string of the molecule is c1ccc(COc2ccc(OCCN3CCCCC3)c(-c3nc4ncccc4[nH]3)c2)cc1. The molecule has 0 bridgehead atoms. The third-order valence-electron chi connectivity index (χ3n) is 5.83. The number of nitrogens with zero attached hydrogens (tertiary/aromatic N) is 3. The Kier molecular flexibility index (Phi) is 6.30. The number of benzene rings is 2. The van der Waals surface area contributed by atoms with Gasteiger partial charge in [0.25, 0.3) is 0 Å². The normalized spacial score (nSPS) is 14.5. The van der Waals surface area contributed by atoms with Crippen molar-refractivity contribution in [2.45, 2.75) is 25.9 Å². The average molecular weight is 429 g/mol. The van der Waals surface area contributed by atoms with Crippen molar-refractivity contribution in [1.82, 2.24) is 19.9 Å². The number of piperidine rings is 1. The Morgan fingerprint density at radius 2 is 1.78 bits per heavy atom. The molecule has 3 heterocycles. The molecular formula is C26H28N4O2. The zero-order chi connectivity index (χ0) is 21.6. The third-order valence-corrected chi connectivity index (χ3v) is 5.83. The summed E-state index contributed by atoms with van der Waals surface area (Å²) in [7, 11) is 0. The third kappa shape index (κ3) is 4.92. The van der Waals surface area contributed by atoms with Crippen LogP contribution in [0, 0.1) is 0 Å². The van der Waals surface area contributed by atoms with Crippen LogP contribution in [0.2, 0.25) is 0 Å². The molecule has 0 unspecified atom stereocenters. The van der Waals surface area contributed by atoms with E-state index in [1.807, 2.05) is 48.5 Å². The molecule has 0 atom stereocenters. The van der Waals surface area contributed by atoms with Gasteiger partial charge >= 0.3 is 0 Å². The van der Waals surface area contributed by atoms with Gasteiger partial charge in [-0.2, -0.15) is 0 Å². The predicted molar refractivity (Wildman–Crippen MR) is 126 cm³/mol.